The first kappa shape index (κ1) is 37.2. The molecule has 0 N–H and O–H groups in total. The van der Waals surface area contributed by atoms with Crippen LogP contribution in [0.15, 0.2) is 231 Å². The van der Waals surface area contributed by atoms with Crippen LogP contribution in [0, 0.1) is 0 Å². The van der Waals surface area contributed by atoms with Gasteiger partial charge in [-0.2, -0.15) is 0 Å². The van der Waals surface area contributed by atoms with Crippen molar-refractivity contribution in [1.82, 2.24) is 0 Å². The number of rotatable bonds is 6. The highest BCUT2D eigenvalue weighted by molar-refractivity contribution is 7.04. The van der Waals surface area contributed by atoms with E-state index in [2.05, 4.69) is 244 Å². The molecule has 11 aromatic carbocycles. The maximum Gasteiger partial charge on any atom is 0.113 e. The maximum atomic E-state index is 2.60. The summed E-state index contributed by atoms with van der Waals surface area (Å²) in [5.74, 6) is 0. The van der Waals surface area contributed by atoms with Gasteiger partial charge in [-0.1, -0.05) is 225 Å². The van der Waals surface area contributed by atoms with Crippen LogP contribution in [0.4, 0.5) is 0 Å². The van der Waals surface area contributed by atoms with Gasteiger partial charge in [-0.25, -0.2) is 0 Å². The van der Waals surface area contributed by atoms with Gasteiger partial charge in [0.05, 0.1) is 0 Å². The number of fused-ring (bicyclic) bond motifs is 6. The zero-order chi connectivity index (χ0) is 42.1. The minimum absolute atomic E-state index is 1.23. The smallest absolute Gasteiger partial charge is 0.0622 e. The summed E-state index contributed by atoms with van der Waals surface area (Å²) in [4.78, 5) is 0. The third-order valence-electron chi connectivity index (χ3n) is 13.7. The summed E-state index contributed by atoms with van der Waals surface area (Å²) in [5.41, 5.74) is 17.8. The fraction of sp³-hybridized carbons (Fsp3) is 0.0323. The Morgan fingerprint density at radius 3 is 1.10 bits per heavy atom. The van der Waals surface area contributed by atoms with Crippen LogP contribution in [-0.2, 0) is 0 Å². The lowest BCUT2D eigenvalue weighted by Gasteiger charge is -2.23. The first-order valence-electron chi connectivity index (χ1n) is 22.1. The number of hydrogen-bond donors (Lipinski definition) is 0. The van der Waals surface area contributed by atoms with Crippen LogP contribution >= 0.6 is 0 Å². The lowest BCUT2D eigenvalue weighted by molar-refractivity contribution is 1.60. The van der Waals surface area contributed by atoms with Gasteiger partial charge in [-0.15, -0.1) is 0 Å². The fourth-order valence-electron chi connectivity index (χ4n) is 10.4. The molecule has 0 nitrogen and oxygen atoms in total. The van der Waals surface area contributed by atoms with Crippen molar-refractivity contribution < 1.29 is 0 Å². The van der Waals surface area contributed by atoms with E-state index in [1.54, 1.807) is 0 Å². The molecule has 0 aromatic heterocycles. The van der Waals surface area contributed by atoms with E-state index in [9.17, 15) is 0 Å². The molecule has 0 spiro atoms. The van der Waals surface area contributed by atoms with E-state index in [-0.39, 0.29) is 0 Å². The van der Waals surface area contributed by atoms with Crippen LogP contribution in [-0.4, -0.2) is 8.07 Å². The van der Waals surface area contributed by atoms with Gasteiger partial charge in [0.25, 0.3) is 0 Å². The number of hydrogen-bond acceptors (Lipinski definition) is 0. The Labute approximate surface area is 370 Å². The van der Waals surface area contributed by atoms with Crippen molar-refractivity contribution in [1.29, 1.82) is 0 Å². The molecule has 0 aliphatic carbocycles. The van der Waals surface area contributed by atoms with E-state index < -0.39 is 8.07 Å². The van der Waals surface area contributed by atoms with Crippen LogP contribution in [0.5, 0.6) is 0 Å². The first-order valence-corrected chi connectivity index (χ1v) is 25.1. The molecule has 296 valence electrons. The molecular formula is C62H44Si. The quantitative estimate of drug-likeness (QED) is 0.116. The molecule has 1 aliphatic heterocycles. The second-order valence-corrected chi connectivity index (χ2v) is 22.0. The van der Waals surface area contributed by atoms with Gasteiger partial charge >= 0.3 is 0 Å². The largest absolute Gasteiger partial charge is 0.113 e. The summed E-state index contributed by atoms with van der Waals surface area (Å²) in [7, 11) is -2.15. The predicted octanol–water partition coefficient (Wildman–Crippen LogP) is 16.0. The van der Waals surface area contributed by atoms with Crippen molar-refractivity contribution in [2.24, 2.45) is 0 Å². The van der Waals surface area contributed by atoms with Crippen LogP contribution in [0.1, 0.15) is 0 Å². The topological polar surface area (TPSA) is 0 Å². The normalized spacial score (nSPS) is 12.7. The molecule has 0 fully saturated rings. The van der Waals surface area contributed by atoms with Gasteiger partial charge in [-0.05, 0) is 139 Å². The highest BCUT2D eigenvalue weighted by atomic mass is 28.3. The monoisotopic (exact) mass is 816 g/mol. The second kappa shape index (κ2) is 14.8. The van der Waals surface area contributed by atoms with Crippen molar-refractivity contribution >= 4 is 50.8 Å². The van der Waals surface area contributed by atoms with Crippen LogP contribution in [0.2, 0.25) is 13.1 Å². The summed E-state index contributed by atoms with van der Waals surface area (Å²) in [6.45, 7) is 5.11. The third-order valence-corrected chi connectivity index (χ3v) is 17.2. The summed E-state index contributed by atoms with van der Waals surface area (Å²) >= 11 is 0. The molecule has 1 heteroatoms. The Balaban J connectivity index is 1.04. The minimum atomic E-state index is -2.15. The SMILES string of the molecule is C[Si]1(C)c2cc(-c3ccc4cc(-c5ccccc5)ccc4c3)ccc2-c2cc3c(-c4ccc(-c5ccccc5)cc4)c4ccccc4c(-c4ccc(-c5ccccc5)cc4)c3cc21. The van der Waals surface area contributed by atoms with Gasteiger partial charge in [0.15, 0.2) is 0 Å². The molecular weight excluding hydrogens is 773 g/mol. The zero-order valence-corrected chi connectivity index (χ0v) is 36.4. The summed E-state index contributed by atoms with van der Waals surface area (Å²) < 4.78 is 0. The summed E-state index contributed by atoms with van der Waals surface area (Å²) in [5, 5.41) is 10.7. The first-order chi connectivity index (χ1) is 31.0. The van der Waals surface area contributed by atoms with E-state index in [0.717, 1.165) is 0 Å². The third kappa shape index (κ3) is 6.27. The Morgan fingerprint density at radius 2 is 0.587 bits per heavy atom. The van der Waals surface area contributed by atoms with Gasteiger partial charge in [0, 0.05) is 0 Å². The van der Waals surface area contributed by atoms with E-state index in [1.165, 1.54) is 121 Å². The molecule has 0 saturated carbocycles. The molecule has 11 aromatic rings. The molecule has 12 rings (SSSR count). The molecule has 0 unspecified atom stereocenters. The average Bonchev–Trinajstić information content (AvgIpc) is 3.57. The van der Waals surface area contributed by atoms with E-state index in [0.29, 0.717) is 0 Å². The molecule has 0 atom stereocenters. The van der Waals surface area contributed by atoms with Crippen LogP contribution in [0.3, 0.4) is 0 Å². The van der Waals surface area contributed by atoms with Gasteiger partial charge in [-0.3, -0.25) is 0 Å². The van der Waals surface area contributed by atoms with Crippen molar-refractivity contribution in [3.8, 4) is 77.9 Å². The van der Waals surface area contributed by atoms with Gasteiger partial charge < -0.3 is 0 Å². The van der Waals surface area contributed by atoms with E-state index in [4.69, 9.17) is 0 Å². The number of benzene rings is 11. The molecule has 1 aliphatic rings. The molecule has 0 bridgehead atoms. The molecule has 0 amide bonds. The Hall–Kier alpha value is -7.58. The molecule has 1 heterocycles. The lowest BCUT2D eigenvalue weighted by Crippen LogP contribution is -2.49. The second-order valence-electron chi connectivity index (χ2n) is 17.7. The van der Waals surface area contributed by atoms with Crippen LogP contribution in [0.25, 0.3) is 110 Å². The molecule has 63 heavy (non-hydrogen) atoms. The summed E-state index contributed by atoms with van der Waals surface area (Å²) in [6.07, 6.45) is 0. The zero-order valence-electron chi connectivity index (χ0n) is 35.4. The predicted molar refractivity (Wildman–Crippen MR) is 274 cm³/mol. The highest BCUT2D eigenvalue weighted by Crippen LogP contribution is 2.46. The Bertz CT molecular complexity index is 3530. The van der Waals surface area contributed by atoms with Gasteiger partial charge in [0.2, 0.25) is 0 Å². The van der Waals surface area contributed by atoms with Crippen molar-refractivity contribution in [3.05, 3.63) is 231 Å². The molecule has 0 saturated heterocycles. The Morgan fingerprint density at radius 1 is 0.238 bits per heavy atom. The fourth-order valence-corrected chi connectivity index (χ4v) is 13.4. The van der Waals surface area contributed by atoms with Crippen molar-refractivity contribution in [2.75, 3.05) is 0 Å². The average molecular weight is 817 g/mol. The van der Waals surface area contributed by atoms with E-state index in [1.807, 2.05) is 0 Å². The van der Waals surface area contributed by atoms with Crippen LogP contribution < -0.4 is 10.4 Å². The Kier molecular flexibility index (Phi) is 8.74. The standard InChI is InChI=1S/C62H44Si/c1-63(2)59-38-52(51-33-32-49-36-48(30-31-50(49)37-51)43-18-10-5-11-19-43)34-35-53(59)56-39-57-58(40-60(56)63)62(47-28-24-45(25-29-47)42-16-8-4-9-17-42)55-21-13-12-20-54(55)61(57)46-26-22-44(23-27-46)41-14-6-3-7-15-41/h3-40H,1-2H3. The summed E-state index contributed by atoms with van der Waals surface area (Å²) in [6, 6.07) is 85.9. The lowest BCUT2D eigenvalue weighted by atomic mass is 9.84. The highest BCUT2D eigenvalue weighted by Gasteiger charge is 2.38. The van der Waals surface area contributed by atoms with E-state index >= 15 is 0 Å². The minimum Gasteiger partial charge on any atom is -0.0622 e. The van der Waals surface area contributed by atoms with Crippen molar-refractivity contribution in [3.63, 3.8) is 0 Å². The molecule has 0 radical (unpaired) electrons. The van der Waals surface area contributed by atoms with Crippen molar-refractivity contribution in [2.45, 2.75) is 13.1 Å². The van der Waals surface area contributed by atoms with Gasteiger partial charge in [0.1, 0.15) is 8.07 Å². The maximum absolute atomic E-state index is 2.60.